The molecular weight excluding hydrogens is 444 g/mol. The molecule has 0 amide bonds. The van der Waals surface area contributed by atoms with Crippen LogP contribution in [0.4, 0.5) is 0 Å². The van der Waals surface area contributed by atoms with Crippen molar-refractivity contribution in [1.29, 1.82) is 0 Å². The van der Waals surface area contributed by atoms with E-state index in [1.165, 1.54) is 31.8 Å². The van der Waals surface area contributed by atoms with Gasteiger partial charge >= 0.3 is 5.97 Å². The molecule has 2 heterocycles. The van der Waals surface area contributed by atoms with Crippen molar-refractivity contribution in [3.8, 4) is 0 Å². The number of fused-ring (bicyclic) bond motifs is 7. The molecule has 3 saturated carbocycles. The molecule has 1 N–H and O–H groups in total. The Bertz CT molecular complexity index is 903. The van der Waals surface area contributed by atoms with Gasteiger partial charge in [-0.05, 0) is 67.3 Å². The number of ether oxygens (including phenoxy) is 4. The van der Waals surface area contributed by atoms with Crippen LogP contribution in [0.5, 0.6) is 0 Å². The van der Waals surface area contributed by atoms with Crippen LogP contribution in [0.1, 0.15) is 73.6 Å². The molecule has 0 radical (unpaired) electrons. The lowest BCUT2D eigenvalue weighted by Crippen LogP contribution is -2.58. The van der Waals surface area contributed by atoms with Crippen molar-refractivity contribution in [2.75, 3.05) is 13.2 Å². The highest BCUT2D eigenvalue weighted by atomic mass is 16.7. The van der Waals surface area contributed by atoms with Crippen LogP contribution < -0.4 is 0 Å². The standard InChI is InChI=1S/C29H44O6/c1-15(26-32-13-27(3,4)14-33-26)18-7-8-19-23-20(9-10-28(18,19)5)29(6)17(11-21(23)31)12-22(34-16(2)30)24-25(29)35-24/h12,15,18-26,31H,7-11,13-14H2,1-6H3/t15?,18-,19?,20?,21-,22-,23?,24+,25+,28-,29+/m1/s1. The molecule has 6 aliphatic rings. The number of carbonyl (C=O) groups is 1. The maximum atomic E-state index is 11.6. The normalized spacial score (nSPS) is 51.2. The molecule has 4 aliphatic carbocycles. The van der Waals surface area contributed by atoms with Gasteiger partial charge in [0.15, 0.2) is 6.29 Å². The largest absolute Gasteiger partial charge is 0.455 e. The molecule has 11 atom stereocenters. The van der Waals surface area contributed by atoms with Crippen molar-refractivity contribution in [2.24, 2.45) is 45.8 Å². The summed E-state index contributed by atoms with van der Waals surface area (Å²) in [5, 5.41) is 11.6. The third-order valence-electron chi connectivity index (χ3n) is 11.2. The highest BCUT2D eigenvalue weighted by Crippen LogP contribution is 2.69. The minimum Gasteiger partial charge on any atom is -0.455 e. The van der Waals surface area contributed by atoms with Crippen LogP contribution in [0.2, 0.25) is 0 Å². The van der Waals surface area contributed by atoms with E-state index in [1.54, 1.807) is 0 Å². The van der Waals surface area contributed by atoms with E-state index in [-0.39, 0.29) is 58.8 Å². The number of epoxide rings is 1. The summed E-state index contributed by atoms with van der Waals surface area (Å²) < 4.78 is 24.2. The molecule has 6 nitrogen and oxygen atoms in total. The van der Waals surface area contributed by atoms with Crippen LogP contribution in [-0.2, 0) is 23.7 Å². The van der Waals surface area contributed by atoms with Gasteiger partial charge in [-0.15, -0.1) is 0 Å². The van der Waals surface area contributed by atoms with E-state index in [9.17, 15) is 9.90 Å². The van der Waals surface area contributed by atoms with Gasteiger partial charge in [0.25, 0.3) is 0 Å². The van der Waals surface area contributed by atoms with Crippen molar-refractivity contribution >= 4 is 5.97 Å². The second-order valence-electron chi connectivity index (χ2n) is 13.9. The van der Waals surface area contributed by atoms with E-state index in [1.807, 2.05) is 0 Å². The molecule has 6 heteroatoms. The zero-order valence-electron chi connectivity index (χ0n) is 22.3. The van der Waals surface area contributed by atoms with Crippen molar-refractivity contribution in [2.45, 2.75) is 104 Å². The average Bonchev–Trinajstić information content (AvgIpc) is 3.52. The maximum absolute atomic E-state index is 11.6. The summed E-state index contributed by atoms with van der Waals surface area (Å²) in [6, 6.07) is 0. The zero-order chi connectivity index (χ0) is 24.9. The van der Waals surface area contributed by atoms with E-state index in [2.05, 4.69) is 40.7 Å². The molecular formula is C29H44O6. The second kappa shape index (κ2) is 8.02. The van der Waals surface area contributed by atoms with Crippen LogP contribution in [-0.4, -0.2) is 55.0 Å². The van der Waals surface area contributed by atoms with Crippen molar-refractivity contribution in [1.82, 2.24) is 0 Å². The van der Waals surface area contributed by atoms with Crippen molar-refractivity contribution in [3.05, 3.63) is 11.6 Å². The van der Waals surface area contributed by atoms with E-state index in [0.717, 1.165) is 19.6 Å². The molecule has 196 valence electrons. The van der Waals surface area contributed by atoms with Gasteiger partial charge in [-0.3, -0.25) is 4.79 Å². The maximum Gasteiger partial charge on any atom is 0.303 e. The molecule has 5 fully saturated rings. The first-order valence-electron chi connectivity index (χ1n) is 13.9. The van der Waals surface area contributed by atoms with Gasteiger partial charge in [-0.2, -0.15) is 0 Å². The molecule has 2 saturated heterocycles. The lowest BCUT2D eigenvalue weighted by atomic mass is 9.45. The van der Waals surface area contributed by atoms with Gasteiger partial charge in [-0.1, -0.05) is 40.2 Å². The van der Waals surface area contributed by atoms with Gasteiger partial charge in [-0.25, -0.2) is 0 Å². The number of rotatable bonds is 3. The van der Waals surface area contributed by atoms with Crippen molar-refractivity contribution in [3.63, 3.8) is 0 Å². The minimum atomic E-state index is -0.353. The lowest BCUT2D eigenvalue weighted by molar-refractivity contribution is -0.253. The van der Waals surface area contributed by atoms with E-state index in [4.69, 9.17) is 18.9 Å². The number of hydrogen-bond donors (Lipinski definition) is 1. The second-order valence-corrected chi connectivity index (χ2v) is 13.9. The molecule has 4 unspecified atom stereocenters. The summed E-state index contributed by atoms with van der Waals surface area (Å²) in [4.78, 5) is 11.6. The Morgan fingerprint density at radius 1 is 1.11 bits per heavy atom. The summed E-state index contributed by atoms with van der Waals surface area (Å²) in [6.07, 6.45) is 6.69. The first-order chi connectivity index (χ1) is 16.5. The zero-order valence-corrected chi connectivity index (χ0v) is 22.3. The predicted molar refractivity (Wildman–Crippen MR) is 130 cm³/mol. The van der Waals surface area contributed by atoms with Crippen LogP contribution in [0.25, 0.3) is 0 Å². The van der Waals surface area contributed by atoms with Gasteiger partial charge in [0, 0.05) is 23.7 Å². The van der Waals surface area contributed by atoms with E-state index >= 15 is 0 Å². The lowest BCUT2D eigenvalue weighted by Gasteiger charge is -2.59. The fraction of sp³-hybridized carbons (Fsp3) is 0.897. The third-order valence-corrected chi connectivity index (χ3v) is 11.2. The van der Waals surface area contributed by atoms with Crippen LogP contribution >= 0.6 is 0 Å². The molecule has 6 rings (SSSR count). The topological polar surface area (TPSA) is 77.5 Å². The van der Waals surface area contributed by atoms with Gasteiger partial charge in [0.2, 0.25) is 0 Å². The van der Waals surface area contributed by atoms with E-state index in [0.29, 0.717) is 30.1 Å². The first kappa shape index (κ1) is 24.4. The molecule has 2 aliphatic heterocycles. The quantitative estimate of drug-likeness (QED) is 0.358. The fourth-order valence-electron chi connectivity index (χ4n) is 9.44. The first-order valence-corrected chi connectivity index (χ1v) is 13.9. The van der Waals surface area contributed by atoms with Gasteiger partial charge < -0.3 is 24.1 Å². The third kappa shape index (κ3) is 3.60. The Balaban J connectivity index is 1.24. The van der Waals surface area contributed by atoms with Crippen molar-refractivity contribution < 1.29 is 28.8 Å². The number of carbonyl (C=O) groups excluding carboxylic acids is 1. The highest BCUT2D eigenvalue weighted by Gasteiger charge is 2.69. The van der Waals surface area contributed by atoms with Gasteiger partial charge in [0.1, 0.15) is 12.2 Å². The molecule has 0 aromatic rings. The monoisotopic (exact) mass is 488 g/mol. The average molecular weight is 489 g/mol. The number of aliphatic hydroxyl groups is 1. The Kier molecular flexibility index (Phi) is 5.59. The summed E-state index contributed by atoms with van der Waals surface area (Å²) in [6.45, 7) is 14.5. The SMILES string of the molecule is CC(=O)O[C@@H]1C=C2C[C@@H](O)C3C4CC[C@H](C(C)C5OCC(C)(C)CO5)[C@@]4(C)CCC3[C@@]2(C)[C@H]2O[C@@H]12. The Labute approximate surface area is 210 Å². The molecule has 35 heavy (non-hydrogen) atoms. The molecule has 0 bridgehead atoms. The Morgan fingerprint density at radius 2 is 1.83 bits per heavy atom. The summed E-state index contributed by atoms with van der Waals surface area (Å²) in [5.41, 5.74) is 1.45. The fourth-order valence-corrected chi connectivity index (χ4v) is 9.44. The predicted octanol–water partition coefficient (Wildman–Crippen LogP) is 4.49. The molecule has 0 spiro atoms. The highest BCUT2D eigenvalue weighted by molar-refractivity contribution is 5.66. The Hall–Kier alpha value is -0.950. The number of esters is 1. The van der Waals surface area contributed by atoms with Gasteiger partial charge in [0.05, 0.1) is 25.4 Å². The van der Waals surface area contributed by atoms with E-state index < -0.39 is 0 Å². The summed E-state index contributed by atoms with van der Waals surface area (Å²) in [5.74, 6) is 1.82. The minimum absolute atomic E-state index is 0.0296. The smallest absolute Gasteiger partial charge is 0.303 e. The molecule has 0 aromatic heterocycles. The van der Waals surface area contributed by atoms with Crippen LogP contribution in [0.15, 0.2) is 11.6 Å². The number of aliphatic hydroxyl groups excluding tert-OH is 1. The summed E-state index contributed by atoms with van der Waals surface area (Å²) >= 11 is 0. The molecule has 0 aromatic carbocycles. The van der Waals surface area contributed by atoms with Crippen LogP contribution in [0.3, 0.4) is 0 Å². The number of hydrogen-bond acceptors (Lipinski definition) is 6. The Morgan fingerprint density at radius 3 is 2.51 bits per heavy atom. The summed E-state index contributed by atoms with van der Waals surface area (Å²) in [7, 11) is 0. The van der Waals surface area contributed by atoms with Crippen LogP contribution in [0, 0.1) is 45.8 Å².